The molecule has 1 aromatic heterocycles. The van der Waals surface area contributed by atoms with Crippen molar-refractivity contribution in [2.24, 2.45) is 0 Å². The molecular weight excluding hydrogens is 281 g/mol. The zero-order chi connectivity index (χ0) is 13.4. The number of rotatable bonds is 1. The van der Waals surface area contributed by atoms with Gasteiger partial charge < -0.3 is 0 Å². The first-order valence-corrected chi connectivity index (χ1v) is 6.55. The Morgan fingerprint density at radius 2 is 1.89 bits per heavy atom. The van der Waals surface area contributed by atoms with Gasteiger partial charge in [-0.3, -0.25) is 4.79 Å². The number of benzene rings is 1. The largest absolute Gasteiger partial charge is 0.289 e. The Hall–Kier alpha value is -1.64. The van der Waals surface area contributed by atoms with Gasteiger partial charge in [-0.2, -0.15) is 0 Å². The molecule has 0 saturated carbocycles. The Bertz CT molecular complexity index is 707. The van der Waals surface area contributed by atoms with Gasteiger partial charge in [0.15, 0.2) is 5.78 Å². The van der Waals surface area contributed by atoms with E-state index in [1.807, 2.05) is 24.3 Å². The maximum Gasteiger partial charge on any atom is 0.186 e. The van der Waals surface area contributed by atoms with E-state index in [1.165, 1.54) is 0 Å². The minimum Gasteiger partial charge on any atom is -0.289 e. The smallest absolute Gasteiger partial charge is 0.186 e. The van der Waals surface area contributed by atoms with Crippen molar-refractivity contribution in [3.8, 4) is 0 Å². The third-order valence-electron chi connectivity index (χ3n) is 3.12. The maximum absolute atomic E-state index is 12.1. The van der Waals surface area contributed by atoms with E-state index in [0.717, 1.165) is 16.7 Å². The highest BCUT2D eigenvalue weighted by molar-refractivity contribution is 6.33. The average molecular weight is 290 g/mol. The molecule has 1 aliphatic carbocycles. The molecule has 19 heavy (non-hydrogen) atoms. The molecule has 2 aromatic rings. The summed E-state index contributed by atoms with van der Waals surface area (Å²) in [5, 5.41) is 0.980. The summed E-state index contributed by atoms with van der Waals surface area (Å²) in [6.45, 7) is 0. The first kappa shape index (κ1) is 12.4. The molecule has 3 rings (SSSR count). The second-order valence-electron chi connectivity index (χ2n) is 4.35. The monoisotopic (exact) mass is 289 g/mol. The molecule has 0 unspecified atom stereocenters. The second kappa shape index (κ2) is 4.80. The number of nitrogens with zero attached hydrogens (tertiary/aromatic N) is 1. The number of allylic oxidation sites excluding steroid dienone is 2. The molecule has 0 spiro atoms. The average Bonchev–Trinajstić information content (AvgIpc) is 2.40. The number of halogens is 2. The van der Waals surface area contributed by atoms with E-state index in [0.29, 0.717) is 22.2 Å². The number of hydrogen-bond acceptors (Lipinski definition) is 2. The van der Waals surface area contributed by atoms with E-state index >= 15 is 0 Å². The number of ketones is 1. The number of carbonyl (C=O) groups excluding carboxylic acids is 1. The lowest BCUT2D eigenvalue weighted by Gasteiger charge is -2.17. The van der Waals surface area contributed by atoms with Gasteiger partial charge in [0.1, 0.15) is 5.15 Å². The first-order valence-electron chi connectivity index (χ1n) is 5.79. The van der Waals surface area contributed by atoms with Gasteiger partial charge in [0.25, 0.3) is 0 Å². The number of fused-ring (bicyclic) bond motifs is 1. The van der Waals surface area contributed by atoms with Crippen LogP contribution >= 0.6 is 23.2 Å². The molecule has 0 N–H and O–H groups in total. The zero-order valence-corrected chi connectivity index (χ0v) is 11.4. The van der Waals surface area contributed by atoms with Gasteiger partial charge in [-0.1, -0.05) is 41.4 Å². The summed E-state index contributed by atoms with van der Waals surface area (Å²) in [6, 6.07) is 9.11. The molecular formula is C15H9Cl2NO. The summed E-state index contributed by atoms with van der Waals surface area (Å²) >= 11 is 12.0. The molecule has 0 saturated heterocycles. The lowest BCUT2D eigenvalue weighted by molar-refractivity contribution is 0.104. The second-order valence-corrected chi connectivity index (χ2v) is 5.15. The zero-order valence-electron chi connectivity index (χ0n) is 9.86. The van der Waals surface area contributed by atoms with Crippen molar-refractivity contribution in [3.63, 3.8) is 0 Å². The minimum atomic E-state index is -0.0551. The van der Waals surface area contributed by atoms with Crippen LogP contribution in [0.25, 0.3) is 5.57 Å². The van der Waals surface area contributed by atoms with Crippen LogP contribution in [0, 0.1) is 0 Å². The summed E-state index contributed by atoms with van der Waals surface area (Å²) in [7, 11) is 0. The number of pyridine rings is 1. The molecule has 0 amide bonds. The van der Waals surface area contributed by atoms with Gasteiger partial charge in [0, 0.05) is 23.2 Å². The number of hydrogen-bond donors (Lipinski definition) is 0. The Balaban J connectivity index is 2.08. The Morgan fingerprint density at radius 3 is 2.68 bits per heavy atom. The van der Waals surface area contributed by atoms with Crippen LogP contribution in [0.5, 0.6) is 0 Å². The molecule has 4 heteroatoms. The summed E-state index contributed by atoms with van der Waals surface area (Å²) in [6.07, 6.45) is 3.91. The van der Waals surface area contributed by atoms with Gasteiger partial charge in [-0.25, -0.2) is 4.98 Å². The van der Waals surface area contributed by atoms with Crippen molar-refractivity contribution in [3.05, 3.63) is 69.5 Å². The highest BCUT2D eigenvalue weighted by Gasteiger charge is 2.20. The van der Waals surface area contributed by atoms with Gasteiger partial charge in [0.2, 0.25) is 0 Å². The molecule has 0 bridgehead atoms. The first-order chi connectivity index (χ1) is 9.15. The third kappa shape index (κ3) is 2.29. The summed E-state index contributed by atoms with van der Waals surface area (Å²) in [5.41, 5.74) is 3.30. The highest BCUT2D eigenvalue weighted by Crippen LogP contribution is 2.31. The van der Waals surface area contributed by atoms with Crippen molar-refractivity contribution in [1.82, 2.24) is 4.98 Å². The molecule has 0 aliphatic heterocycles. The Labute approximate surface area is 120 Å². The van der Waals surface area contributed by atoms with E-state index in [9.17, 15) is 4.79 Å². The van der Waals surface area contributed by atoms with Crippen LogP contribution in [-0.2, 0) is 6.42 Å². The van der Waals surface area contributed by atoms with Crippen molar-refractivity contribution in [1.29, 1.82) is 0 Å². The van der Waals surface area contributed by atoms with E-state index in [1.54, 1.807) is 18.3 Å². The minimum absolute atomic E-state index is 0.0551. The lowest BCUT2D eigenvalue weighted by Crippen LogP contribution is -2.10. The van der Waals surface area contributed by atoms with Crippen molar-refractivity contribution < 1.29 is 4.79 Å². The topological polar surface area (TPSA) is 30.0 Å². The van der Waals surface area contributed by atoms with Crippen LogP contribution in [0.1, 0.15) is 21.5 Å². The van der Waals surface area contributed by atoms with Crippen LogP contribution in [0.3, 0.4) is 0 Å². The van der Waals surface area contributed by atoms with Crippen LogP contribution in [-0.4, -0.2) is 10.8 Å². The molecule has 0 radical (unpaired) electrons. The van der Waals surface area contributed by atoms with Gasteiger partial charge in [-0.15, -0.1) is 0 Å². The SMILES string of the molecule is O=C1C=C(c2ccccc2Cl)Cc2cnc(Cl)cc21. The molecule has 94 valence electrons. The molecule has 1 aliphatic rings. The molecule has 0 fully saturated rings. The molecule has 1 heterocycles. The van der Waals surface area contributed by atoms with Crippen LogP contribution < -0.4 is 0 Å². The predicted octanol–water partition coefficient (Wildman–Crippen LogP) is 4.21. The summed E-state index contributed by atoms with van der Waals surface area (Å²) in [5.74, 6) is -0.0551. The summed E-state index contributed by atoms with van der Waals surface area (Å²) in [4.78, 5) is 16.2. The normalized spacial score (nSPS) is 14.0. The third-order valence-corrected chi connectivity index (χ3v) is 3.66. The van der Waals surface area contributed by atoms with Crippen LogP contribution in [0.4, 0.5) is 0 Å². The van der Waals surface area contributed by atoms with Crippen molar-refractivity contribution in [2.45, 2.75) is 6.42 Å². The molecule has 0 atom stereocenters. The van der Waals surface area contributed by atoms with Crippen molar-refractivity contribution in [2.75, 3.05) is 0 Å². The van der Waals surface area contributed by atoms with Gasteiger partial charge >= 0.3 is 0 Å². The van der Waals surface area contributed by atoms with E-state index < -0.39 is 0 Å². The van der Waals surface area contributed by atoms with E-state index in [2.05, 4.69) is 4.98 Å². The standard InChI is InChI=1S/C15H9Cl2NO/c16-13-4-2-1-3-11(13)9-5-10-8-18-15(17)7-12(10)14(19)6-9/h1-4,6-8H,5H2. The van der Waals surface area contributed by atoms with Crippen LogP contribution in [0.2, 0.25) is 10.2 Å². The Kier molecular flexibility index (Phi) is 3.13. The fraction of sp³-hybridized carbons (Fsp3) is 0.0667. The number of aromatic nitrogens is 1. The lowest BCUT2D eigenvalue weighted by atomic mass is 9.88. The van der Waals surface area contributed by atoms with Crippen molar-refractivity contribution >= 4 is 34.6 Å². The summed E-state index contributed by atoms with van der Waals surface area (Å²) < 4.78 is 0. The van der Waals surface area contributed by atoms with E-state index in [-0.39, 0.29) is 5.78 Å². The quantitative estimate of drug-likeness (QED) is 0.736. The fourth-order valence-electron chi connectivity index (χ4n) is 2.22. The van der Waals surface area contributed by atoms with Crippen LogP contribution in [0.15, 0.2) is 42.6 Å². The highest BCUT2D eigenvalue weighted by atomic mass is 35.5. The maximum atomic E-state index is 12.1. The molecule has 2 nitrogen and oxygen atoms in total. The van der Waals surface area contributed by atoms with Gasteiger partial charge in [0.05, 0.1) is 0 Å². The number of carbonyl (C=O) groups is 1. The Morgan fingerprint density at radius 1 is 1.11 bits per heavy atom. The predicted molar refractivity (Wildman–Crippen MR) is 76.7 cm³/mol. The van der Waals surface area contributed by atoms with Gasteiger partial charge in [-0.05, 0) is 34.9 Å². The molecule has 1 aromatic carbocycles. The van der Waals surface area contributed by atoms with E-state index in [4.69, 9.17) is 23.2 Å². The fourth-order valence-corrected chi connectivity index (χ4v) is 2.63.